The fourth-order valence-corrected chi connectivity index (χ4v) is 6.80. The van der Waals surface area contributed by atoms with Crippen molar-refractivity contribution in [3.8, 4) is 5.75 Å². The summed E-state index contributed by atoms with van der Waals surface area (Å²) in [6.45, 7) is 6.96. The molecule has 0 radical (unpaired) electrons. The van der Waals surface area contributed by atoms with E-state index < -0.39 is 5.97 Å². The smallest absolute Gasteiger partial charge is 0.345 e. The third-order valence-corrected chi connectivity index (χ3v) is 9.37. The van der Waals surface area contributed by atoms with Crippen molar-refractivity contribution in [1.29, 1.82) is 0 Å². The molecule has 5 rings (SSSR count). The summed E-state index contributed by atoms with van der Waals surface area (Å²) in [5.74, 6) is 0.417. The van der Waals surface area contributed by atoms with Crippen LogP contribution in [0.3, 0.4) is 0 Å². The van der Waals surface area contributed by atoms with Crippen molar-refractivity contribution in [3.63, 3.8) is 0 Å². The second-order valence-corrected chi connectivity index (χ2v) is 12.1. The van der Waals surface area contributed by atoms with Gasteiger partial charge < -0.3 is 15.4 Å². The van der Waals surface area contributed by atoms with Crippen molar-refractivity contribution in [2.45, 2.75) is 52.6 Å². The van der Waals surface area contributed by atoms with E-state index in [1.165, 1.54) is 22.6 Å². The zero-order valence-electron chi connectivity index (χ0n) is 20.4. The van der Waals surface area contributed by atoms with E-state index in [0.29, 0.717) is 22.1 Å². The monoisotopic (exact) mass is 542 g/mol. The number of hydrogen-bond donors (Lipinski definition) is 2. The first-order chi connectivity index (χ1) is 17.2. The lowest BCUT2D eigenvalue weighted by atomic mass is 9.69. The third-order valence-electron chi connectivity index (χ3n) is 7.63. The average molecular weight is 544 g/mol. The normalized spacial score (nSPS) is 19.1. The number of carbonyl (C=O) groups excluding carboxylic acids is 2. The predicted molar refractivity (Wildman–Crippen MR) is 146 cm³/mol. The van der Waals surface area contributed by atoms with Crippen LogP contribution >= 0.6 is 34.5 Å². The van der Waals surface area contributed by atoms with E-state index in [1.54, 1.807) is 29.5 Å². The maximum Gasteiger partial charge on any atom is 0.345 e. The van der Waals surface area contributed by atoms with Crippen molar-refractivity contribution in [2.24, 2.45) is 11.3 Å². The van der Waals surface area contributed by atoms with Gasteiger partial charge in [-0.15, -0.1) is 11.3 Å². The minimum absolute atomic E-state index is 0.0349. The first-order valence-corrected chi connectivity index (χ1v) is 13.7. The molecule has 2 atom stereocenters. The quantitative estimate of drug-likeness (QED) is 0.256. The van der Waals surface area contributed by atoms with Gasteiger partial charge in [-0.2, -0.15) is 0 Å². The second-order valence-electron chi connectivity index (χ2n) is 10.1. The van der Waals surface area contributed by atoms with Crippen LogP contribution in [0.15, 0.2) is 42.5 Å². The number of amides is 1. The standard InChI is InChI=1S/C28H28Cl2N2O3S/c1-4-28(2,3)16-7-11-20-22(13-16)36-26-23(20)25(33)31-24(32-26)15-5-9-18(10-6-15)35-27(34)19-12-8-17(29)14-21(19)30/h5-6,8-10,12,14,16,24,32H,4,7,11,13H2,1-3H3,(H,31,33)/t16-,24+/m1/s1. The summed E-state index contributed by atoms with van der Waals surface area (Å²) in [7, 11) is 0. The van der Waals surface area contributed by atoms with Gasteiger partial charge in [0.2, 0.25) is 0 Å². The van der Waals surface area contributed by atoms with Crippen LogP contribution in [0.1, 0.15) is 76.5 Å². The molecule has 0 saturated heterocycles. The van der Waals surface area contributed by atoms with Crippen molar-refractivity contribution in [2.75, 3.05) is 5.32 Å². The molecule has 3 aromatic rings. The molecule has 1 aliphatic heterocycles. The first-order valence-electron chi connectivity index (χ1n) is 12.2. The Morgan fingerprint density at radius 1 is 1.14 bits per heavy atom. The average Bonchev–Trinajstić information content (AvgIpc) is 3.22. The molecule has 36 heavy (non-hydrogen) atoms. The van der Waals surface area contributed by atoms with Crippen LogP contribution in [0.25, 0.3) is 0 Å². The number of carbonyl (C=O) groups is 2. The molecule has 1 aliphatic carbocycles. The first kappa shape index (κ1) is 25.1. The molecular formula is C28H28Cl2N2O3S. The summed E-state index contributed by atoms with van der Waals surface area (Å²) in [5, 5.41) is 8.23. The lowest BCUT2D eigenvalue weighted by Gasteiger charge is -2.36. The van der Waals surface area contributed by atoms with Crippen molar-refractivity contribution < 1.29 is 14.3 Å². The summed E-state index contributed by atoms with van der Waals surface area (Å²) >= 11 is 13.7. The van der Waals surface area contributed by atoms with E-state index in [-0.39, 0.29) is 22.7 Å². The highest BCUT2D eigenvalue weighted by Crippen LogP contribution is 2.47. The van der Waals surface area contributed by atoms with Gasteiger partial charge in [0, 0.05) is 9.90 Å². The van der Waals surface area contributed by atoms with E-state index >= 15 is 0 Å². The Morgan fingerprint density at radius 3 is 2.58 bits per heavy atom. The van der Waals surface area contributed by atoms with Gasteiger partial charge in [-0.3, -0.25) is 4.79 Å². The summed E-state index contributed by atoms with van der Waals surface area (Å²) < 4.78 is 5.47. The Balaban J connectivity index is 1.30. The minimum Gasteiger partial charge on any atom is -0.423 e. The van der Waals surface area contributed by atoms with Gasteiger partial charge in [0.15, 0.2) is 0 Å². The number of benzene rings is 2. The zero-order chi connectivity index (χ0) is 25.6. The fraction of sp³-hybridized carbons (Fsp3) is 0.357. The highest BCUT2D eigenvalue weighted by Gasteiger charge is 2.37. The highest BCUT2D eigenvalue weighted by atomic mass is 35.5. The molecule has 2 N–H and O–H groups in total. The van der Waals surface area contributed by atoms with Gasteiger partial charge in [-0.1, -0.05) is 62.5 Å². The van der Waals surface area contributed by atoms with E-state index in [4.69, 9.17) is 27.9 Å². The Labute approximate surface area is 225 Å². The number of ether oxygens (including phenoxy) is 1. The summed E-state index contributed by atoms with van der Waals surface area (Å²) in [6.07, 6.45) is 3.90. The molecule has 2 aromatic carbocycles. The number of halogens is 2. The van der Waals surface area contributed by atoms with Crippen LogP contribution in [0.4, 0.5) is 5.00 Å². The Bertz CT molecular complexity index is 1330. The highest BCUT2D eigenvalue weighted by molar-refractivity contribution is 7.16. The number of fused-ring (bicyclic) bond motifs is 3. The maximum absolute atomic E-state index is 13.1. The van der Waals surface area contributed by atoms with Gasteiger partial charge in [-0.05, 0) is 72.1 Å². The van der Waals surface area contributed by atoms with Gasteiger partial charge >= 0.3 is 5.97 Å². The molecule has 0 saturated carbocycles. The SMILES string of the molecule is CCC(C)(C)[C@@H]1CCc2c(sc3c2C(=O)N[C@H](c2ccc(OC(=O)c4ccc(Cl)cc4Cl)cc2)N3)C1. The molecule has 2 aliphatic rings. The zero-order valence-corrected chi connectivity index (χ0v) is 22.7. The molecule has 1 amide bonds. The molecule has 2 heterocycles. The molecule has 188 valence electrons. The lowest BCUT2D eigenvalue weighted by Crippen LogP contribution is -2.38. The predicted octanol–water partition coefficient (Wildman–Crippen LogP) is 7.67. The number of esters is 1. The van der Waals surface area contributed by atoms with Gasteiger partial charge in [0.25, 0.3) is 5.91 Å². The Morgan fingerprint density at radius 2 is 1.89 bits per heavy atom. The fourth-order valence-electron chi connectivity index (χ4n) is 4.97. The van der Waals surface area contributed by atoms with Crippen LogP contribution in [0.2, 0.25) is 10.0 Å². The van der Waals surface area contributed by atoms with E-state index in [1.807, 2.05) is 12.1 Å². The molecule has 0 fully saturated rings. The van der Waals surface area contributed by atoms with E-state index in [9.17, 15) is 9.59 Å². The molecule has 0 unspecified atom stereocenters. The molecule has 0 bridgehead atoms. The Kier molecular flexibility index (Phi) is 6.79. The third kappa shape index (κ3) is 4.74. The topological polar surface area (TPSA) is 67.4 Å². The molecule has 8 heteroatoms. The largest absolute Gasteiger partial charge is 0.423 e. The van der Waals surface area contributed by atoms with Crippen molar-refractivity contribution >= 4 is 51.4 Å². The minimum atomic E-state index is -0.563. The summed E-state index contributed by atoms with van der Waals surface area (Å²) in [4.78, 5) is 27.0. The molecule has 1 aromatic heterocycles. The lowest BCUT2D eigenvalue weighted by molar-refractivity contribution is 0.0734. The maximum atomic E-state index is 13.1. The van der Waals surface area contributed by atoms with Crippen LogP contribution in [-0.4, -0.2) is 11.9 Å². The number of nitrogens with one attached hydrogen (secondary N) is 2. The number of anilines is 1. The van der Waals surface area contributed by atoms with E-state index in [0.717, 1.165) is 41.8 Å². The summed E-state index contributed by atoms with van der Waals surface area (Å²) in [6, 6.07) is 11.7. The Hall–Kier alpha value is -2.54. The molecule has 5 nitrogen and oxygen atoms in total. The van der Waals surface area contributed by atoms with Crippen LogP contribution in [0, 0.1) is 11.3 Å². The molecule has 0 spiro atoms. The van der Waals surface area contributed by atoms with Crippen LogP contribution < -0.4 is 15.4 Å². The number of rotatable bonds is 5. The summed E-state index contributed by atoms with van der Waals surface area (Å²) in [5.41, 5.74) is 3.43. The van der Waals surface area contributed by atoms with E-state index in [2.05, 4.69) is 31.4 Å². The number of thiophene rings is 1. The van der Waals surface area contributed by atoms with Gasteiger partial charge in [0.1, 0.15) is 16.9 Å². The second kappa shape index (κ2) is 9.73. The molecular weight excluding hydrogens is 515 g/mol. The van der Waals surface area contributed by atoms with Gasteiger partial charge in [-0.25, -0.2) is 4.79 Å². The number of hydrogen-bond acceptors (Lipinski definition) is 5. The van der Waals surface area contributed by atoms with Crippen molar-refractivity contribution in [3.05, 3.63) is 79.6 Å². The van der Waals surface area contributed by atoms with Crippen LogP contribution in [0.5, 0.6) is 5.75 Å². The van der Waals surface area contributed by atoms with Crippen molar-refractivity contribution in [1.82, 2.24) is 5.32 Å². The van der Waals surface area contributed by atoms with Gasteiger partial charge in [0.05, 0.1) is 16.1 Å². The van der Waals surface area contributed by atoms with Crippen LogP contribution in [-0.2, 0) is 12.8 Å².